The standard InChI is InChI=1S/C78H57BN6O/c1-78(2,3)57-42-43-80-75(49-57)85-69-41-38-55(56-47-73-76-74(48-56)84(59-28-14-7-15-29-59)71-37-19-17-35-68(71)79(76)67-34-16-18-36-70(67)83(73)58-26-12-6-13-27-58)46-66(69)65-40-39-62(51-72(65)85)86-61-31-20-30-60(50-61)81-44-45-82(52-81)77-63(53-22-8-4-9-23-53)32-21-33-64(77)54-24-10-5-11-25-54/h4-51H,1-3H3. The normalized spacial score (nSPS) is 12.5. The first-order valence-electron chi connectivity index (χ1n) is 29.5. The Morgan fingerprint density at radius 3 is 1.64 bits per heavy atom. The summed E-state index contributed by atoms with van der Waals surface area (Å²) in [6.45, 7) is 6.79. The van der Waals surface area contributed by atoms with Gasteiger partial charge in [-0.3, -0.25) is 13.7 Å². The molecule has 408 valence electrons. The summed E-state index contributed by atoms with van der Waals surface area (Å²) in [6.07, 6.45) is 9.75. The van der Waals surface area contributed by atoms with Crippen LogP contribution in [-0.2, 0) is 5.41 Å². The summed E-state index contributed by atoms with van der Waals surface area (Å²) < 4.78 is 13.4. The van der Waals surface area contributed by atoms with Gasteiger partial charge in [0, 0.05) is 69.6 Å². The highest BCUT2D eigenvalue weighted by molar-refractivity contribution is 7.00. The van der Waals surface area contributed by atoms with Gasteiger partial charge in [-0.05, 0) is 164 Å². The van der Waals surface area contributed by atoms with Gasteiger partial charge in [0.2, 0.25) is 0 Å². The predicted molar refractivity (Wildman–Crippen MR) is 354 cm³/mol. The number of pyridine rings is 1. The van der Waals surface area contributed by atoms with Crippen molar-refractivity contribution in [2.24, 2.45) is 0 Å². The summed E-state index contributed by atoms with van der Waals surface area (Å²) in [5.41, 5.74) is 22.7. The number of aromatic nitrogens is 4. The molecule has 7 nitrogen and oxygen atoms in total. The van der Waals surface area contributed by atoms with Crippen molar-refractivity contribution in [3.05, 3.63) is 303 Å². The lowest BCUT2D eigenvalue weighted by molar-refractivity contribution is -0.598. The summed E-state index contributed by atoms with van der Waals surface area (Å²) >= 11 is 0. The molecule has 0 atom stereocenters. The summed E-state index contributed by atoms with van der Waals surface area (Å²) in [7, 11) is 0. The van der Waals surface area contributed by atoms with Crippen molar-refractivity contribution < 1.29 is 9.30 Å². The van der Waals surface area contributed by atoms with E-state index in [2.05, 4.69) is 319 Å². The van der Waals surface area contributed by atoms with Gasteiger partial charge in [-0.2, -0.15) is 0 Å². The molecule has 86 heavy (non-hydrogen) atoms. The van der Waals surface area contributed by atoms with Crippen molar-refractivity contribution in [2.45, 2.75) is 26.2 Å². The third-order valence-corrected chi connectivity index (χ3v) is 17.2. The van der Waals surface area contributed by atoms with E-state index in [-0.39, 0.29) is 12.1 Å². The molecule has 0 unspecified atom stereocenters. The zero-order chi connectivity index (χ0) is 57.5. The molecule has 8 heteroatoms. The highest BCUT2D eigenvalue weighted by atomic mass is 16.5. The van der Waals surface area contributed by atoms with E-state index in [1.807, 2.05) is 22.9 Å². The predicted octanol–water partition coefficient (Wildman–Crippen LogP) is 17.2. The average molecular weight is 1110 g/mol. The number of anilines is 6. The molecule has 2 aliphatic rings. The molecule has 0 fully saturated rings. The summed E-state index contributed by atoms with van der Waals surface area (Å²) in [5, 5.41) is 2.22. The number of nitrogens with zero attached hydrogens (tertiary/aromatic N) is 6. The minimum atomic E-state index is -0.0944. The van der Waals surface area contributed by atoms with Crippen LogP contribution in [0, 0.1) is 6.33 Å². The Balaban J connectivity index is 0.827. The molecule has 0 radical (unpaired) electrons. The molecule has 0 amide bonds. The number of hydrogen-bond acceptors (Lipinski definition) is 4. The van der Waals surface area contributed by atoms with Gasteiger partial charge in [-0.1, -0.05) is 185 Å². The minimum absolute atomic E-state index is 0.0261. The molecule has 3 aromatic heterocycles. The van der Waals surface area contributed by atoms with Crippen LogP contribution in [0.1, 0.15) is 26.3 Å². The SMILES string of the molecule is CC(C)(C)c1ccnc(-n2c3ccc(-c4cc5c6c(c4)N(c4ccccc4)c4ccccc4B6c4ccccc4N5c4ccccc4)cc3c3ccc(Oc4cccc(-n5[c-][n+](-c6c(-c7ccccc7)cccc6-c6ccccc6)cc5)c4)cc32)c1. The van der Waals surface area contributed by atoms with Crippen LogP contribution in [0.25, 0.3) is 72.4 Å². The van der Waals surface area contributed by atoms with E-state index in [4.69, 9.17) is 9.72 Å². The molecule has 11 aromatic carbocycles. The van der Waals surface area contributed by atoms with Crippen LogP contribution in [0.15, 0.2) is 292 Å². The van der Waals surface area contributed by atoms with Gasteiger partial charge in [-0.15, -0.1) is 0 Å². The summed E-state index contributed by atoms with van der Waals surface area (Å²) in [5.74, 6) is 2.28. The fourth-order valence-corrected chi connectivity index (χ4v) is 13.2. The van der Waals surface area contributed by atoms with Gasteiger partial charge in [0.05, 0.1) is 22.4 Å². The second-order valence-corrected chi connectivity index (χ2v) is 23.4. The van der Waals surface area contributed by atoms with Crippen molar-refractivity contribution in [1.82, 2.24) is 14.1 Å². The molecular formula is C78H57BN6O. The monoisotopic (exact) mass is 1100 g/mol. The highest BCUT2D eigenvalue weighted by Crippen LogP contribution is 2.47. The number of para-hydroxylation sites is 5. The third-order valence-electron chi connectivity index (χ3n) is 17.2. The smallest absolute Gasteiger partial charge is 0.268 e. The van der Waals surface area contributed by atoms with E-state index >= 15 is 0 Å². The Morgan fingerprint density at radius 2 is 1.01 bits per heavy atom. The first-order valence-corrected chi connectivity index (χ1v) is 29.5. The van der Waals surface area contributed by atoms with E-state index in [0.29, 0.717) is 11.5 Å². The topological polar surface area (TPSA) is 42.3 Å². The highest BCUT2D eigenvalue weighted by Gasteiger charge is 2.43. The molecule has 14 aromatic rings. The molecule has 0 N–H and O–H groups in total. The Hall–Kier alpha value is -11.0. The van der Waals surface area contributed by atoms with Crippen LogP contribution in [0.2, 0.25) is 0 Å². The quantitative estimate of drug-likeness (QED) is 0.0777. The number of ether oxygens (including phenoxy) is 1. The number of rotatable bonds is 10. The zero-order valence-corrected chi connectivity index (χ0v) is 47.9. The number of imidazole rings is 1. The van der Waals surface area contributed by atoms with Gasteiger partial charge < -0.3 is 14.5 Å². The Kier molecular flexibility index (Phi) is 12.1. The van der Waals surface area contributed by atoms with Crippen molar-refractivity contribution in [3.63, 3.8) is 0 Å². The van der Waals surface area contributed by atoms with Crippen molar-refractivity contribution in [3.8, 4) is 62.1 Å². The third kappa shape index (κ3) is 8.59. The lowest BCUT2D eigenvalue weighted by Gasteiger charge is -2.44. The van der Waals surface area contributed by atoms with E-state index < -0.39 is 0 Å². The lowest BCUT2D eigenvalue weighted by Crippen LogP contribution is -2.61. The number of fused-ring (bicyclic) bond motifs is 7. The van der Waals surface area contributed by atoms with E-state index in [1.165, 1.54) is 44.7 Å². The average Bonchev–Trinajstić information content (AvgIpc) is 0.830. The maximum atomic E-state index is 6.91. The molecule has 16 rings (SSSR count). The summed E-state index contributed by atoms with van der Waals surface area (Å²) in [6, 6.07) is 98.1. The fourth-order valence-electron chi connectivity index (χ4n) is 13.2. The first-order chi connectivity index (χ1) is 42.3. The van der Waals surface area contributed by atoms with Crippen LogP contribution >= 0.6 is 0 Å². The zero-order valence-electron chi connectivity index (χ0n) is 47.9. The molecular weight excluding hydrogens is 1050 g/mol. The molecule has 0 spiro atoms. The Labute approximate surface area is 501 Å². The number of hydrogen-bond donors (Lipinski definition) is 0. The molecule has 0 bridgehead atoms. The van der Waals surface area contributed by atoms with Gasteiger partial charge in [0.1, 0.15) is 17.3 Å². The second-order valence-electron chi connectivity index (χ2n) is 23.4. The molecule has 2 aliphatic heterocycles. The maximum absolute atomic E-state index is 6.91. The van der Waals surface area contributed by atoms with Crippen LogP contribution in [0.4, 0.5) is 34.1 Å². The Bertz CT molecular complexity index is 4740. The second kappa shape index (κ2) is 20.4. The van der Waals surface area contributed by atoms with E-state index in [0.717, 1.165) is 83.8 Å². The van der Waals surface area contributed by atoms with Crippen LogP contribution in [-0.4, -0.2) is 20.8 Å². The summed E-state index contributed by atoms with van der Waals surface area (Å²) in [4.78, 5) is 10.1. The maximum Gasteiger partial charge on any atom is 0.268 e. The first kappa shape index (κ1) is 50.7. The van der Waals surface area contributed by atoms with Crippen LogP contribution in [0.5, 0.6) is 11.5 Å². The van der Waals surface area contributed by atoms with Crippen molar-refractivity contribution in [2.75, 3.05) is 9.80 Å². The van der Waals surface area contributed by atoms with Gasteiger partial charge in [0.25, 0.3) is 13.0 Å². The molecule has 0 aliphatic carbocycles. The largest absolute Gasteiger partial charge is 0.458 e. The molecule has 0 saturated heterocycles. The van der Waals surface area contributed by atoms with E-state index in [1.54, 1.807) is 0 Å². The van der Waals surface area contributed by atoms with Crippen LogP contribution < -0.4 is 35.5 Å². The molecule has 0 saturated carbocycles. The minimum Gasteiger partial charge on any atom is -0.458 e. The van der Waals surface area contributed by atoms with Crippen LogP contribution in [0.3, 0.4) is 0 Å². The van der Waals surface area contributed by atoms with Crippen molar-refractivity contribution in [1.29, 1.82) is 0 Å². The lowest BCUT2D eigenvalue weighted by atomic mass is 9.33. The van der Waals surface area contributed by atoms with Crippen molar-refractivity contribution >= 4 is 79.0 Å². The molecule has 5 heterocycles. The Morgan fingerprint density at radius 1 is 0.442 bits per heavy atom. The fraction of sp³-hybridized carbons (Fsp3) is 0.0513. The van der Waals surface area contributed by atoms with E-state index in [9.17, 15) is 0 Å². The van der Waals surface area contributed by atoms with Gasteiger partial charge >= 0.3 is 0 Å². The van der Waals surface area contributed by atoms with Gasteiger partial charge in [-0.25, -0.2) is 4.98 Å². The van der Waals surface area contributed by atoms with Gasteiger partial charge in [0.15, 0.2) is 0 Å². The number of benzene rings is 11.